The molecule has 0 saturated carbocycles. The van der Waals surface area contributed by atoms with Gasteiger partial charge in [-0.05, 0) is 31.9 Å². The number of carbonyl (C=O) groups excluding carboxylic acids is 1. The number of nitrogens with zero attached hydrogens (tertiary/aromatic N) is 3. The van der Waals surface area contributed by atoms with Crippen LogP contribution in [0.1, 0.15) is 18.7 Å². The number of aromatic nitrogens is 3. The summed E-state index contributed by atoms with van der Waals surface area (Å²) in [6, 6.07) is 9.68. The van der Waals surface area contributed by atoms with Gasteiger partial charge in [0.2, 0.25) is 5.95 Å². The number of carbonyl (C=O) groups is 1. The summed E-state index contributed by atoms with van der Waals surface area (Å²) in [6.45, 7) is 2.49. The fourth-order valence-electron chi connectivity index (χ4n) is 2.23. The van der Waals surface area contributed by atoms with Crippen LogP contribution in [0.4, 0.5) is 5.95 Å². The monoisotopic (exact) mass is 272 g/mol. The Morgan fingerprint density at radius 1 is 1.40 bits per heavy atom. The van der Waals surface area contributed by atoms with Crippen molar-refractivity contribution in [2.75, 3.05) is 11.9 Å². The van der Waals surface area contributed by atoms with Gasteiger partial charge in [0.1, 0.15) is 11.9 Å². The lowest BCUT2D eigenvalue weighted by atomic mass is 10.2. The second kappa shape index (κ2) is 5.42. The molecule has 6 heteroatoms. The molecule has 3 rings (SSSR count). The van der Waals surface area contributed by atoms with Crippen molar-refractivity contribution in [1.29, 1.82) is 0 Å². The van der Waals surface area contributed by atoms with Crippen LogP contribution in [-0.2, 0) is 9.53 Å². The molecule has 1 aliphatic heterocycles. The number of anilines is 1. The van der Waals surface area contributed by atoms with Gasteiger partial charge in [-0.1, -0.05) is 18.2 Å². The summed E-state index contributed by atoms with van der Waals surface area (Å²) in [4.78, 5) is 16.2. The van der Waals surface area contributed by atoms with E-state index in [1.807, 2.05) is 37.3 Å². The molecule has 1 aliphatic rings. The Balaban J connectivity index is 1.77. The standard InChI is InChI=1S/C14H16N4O2/c1-10-15-14(16-13(19)12-8-5-9-20-12)17-18(10)11-6-3-2-4-7-11/h2-4,6-7,12H,5,8-9H2,1H3,(H,16,17,19)/t12-/m1/s1. The molecule has 20 heavy (non-hydrogen) atoms. The molecule has 1 aromatic heterocycles. The van der Waals surface area contributed by atoms with E-state index in [0.717, 1.165) is 24.4 Å². The third-order valence-electron chi connectivity index (χ3n) is 3.23. The number of ether oxygens (including phenoxy) is 1. The fraction of sp³-hybridized carbons (Fsp3) is 0.357. The number of rotatable bonds is 3. The third-order valence-corrected chi connectivity index (χ3v) is 3.23. The lowest BCUT2D eigenvalue weighted by Gasteiger charge is -2.07. The largest absolute Gasteiger partial charge is 0.368 e. The van der Waals surface area contributed by atoms with E-state index in [9.17, 15) is 4.79 Å². The van der Waals surface area contributed by atoms with Crippen LogP contribution < -0.4 is 5.32 Å². The van der Waals surface area contributed by atoms with Crippen LogP contribution in [0.15, 0.2) is 30.3 Å². The van der Waals surface area contributed by atoms with Gasteiger partial charge < -0.3 is 4.74 Å². The van der Waals surface area contributed by atoms with Crippen molar-refractivity contribution in [3.63, 3.8) is 0 Å². The van der Waals surface area contributed by atoms with E-state index in [4.69, 9.17) is 4.74 Å². The van der Waals surface area contributed by atoms with Gasteiger partial charge in [-0.3, -0.25) is 10.1 Å². The summed E-state index contributed by atoms with van der Waals surface area (Å²) in [6.07, 6.45) is 1.30. The van der Waals surface area contributed by atoms with Crippen LogP contribution in [0.25, 0.3) is 5.69 Å². The van der Waals surface area contributed by atoms with Crippen LogP contribution in [-0.4, -0.2) is 33.4 Å². The highest BCUT2D eigenvalue weighted by Gasteiger charge is 2.24. The zero-order chi connectivity index (χ0) is 13.9. The molecule has 1 aromatic carbocycles. The van der Waals surface area contributed by atoms with Crippen LogP contribution in [0.2, 0.25) is 0 Å². The molecule has 2 heterocycles. The second-order valence-electron chi connectivity index (χ2n) is 4.72. The normalized spacial score (nSPS) is 18.1. The molecule has 0 bridgehead atoms. The van der Waals surface area contributed by atoms with Crippen LogP contribution in [0.5, 0.6) is 0 Å². The highest BCUT2D eigenvalue weighted by Crippen LogP contribution is 2.15. The van der Waals surface area contributed by atoms with Gasteiger partial charge in [-0.15, -0.1) is 5.10 Å². The first kappa shape index (κ1) is 12.8. The van der Waals surface area contributed by atoms with Crippen molar-refractivity contribution >= 4 is 11.9 Å². The van der Waals surface area contributed by atoms with Gasteiger partial charge in [0, 0.05) is 6.61 Å². The van der Waals surface area contributed by atoms with E-state index in [2.05, 4.69) is 15.4 Å². The van der Waals surface area contributed by atoms with E-state index in [1.165, 1.54) is 0 Å². The van der Waals surface area contributed by atoms with Crippen molar-refractivity contribution in [2.24, 2.45) is 0 Å². The molecule has 0 spiro atoms. The fourth-order valence-corrected chi connectivity index (χ4v) is 2.23. The number of benzene rings is 1. The average Bonchev–Trinajstić information content (AvgIpc) is 3.09. The van der Waals surface area contributed by atoms with Gasteiger partial charge >= 0.3 is 0 Å². The van der Waals surface area contributed by atoms with Crippen LogP contribution in [0.3, 0.4) is 0 Å². The second-order valence-corrected chi connectivity index (χ2v) is 4.72. The van der Waals surface area contributed by atoms with Crippen molar-refractivity contribution in [3.8, 4) is 5.69 Å². The molecule has 0 unspecified atom stereocenters. The zero-order valence-corrected chi connectivity index (χ0v) is 11.2. The highest BCUT2D eigenvalue weighted by molar-refractivity contribution is 5.92. The van der Waals surface area contributed by atoms with Gasteiger partial charge in [0.15, 0.2) is 0 Å². The summed E-state index contributed by atoms with van der Waals surface area (Å²) in [5.74, 6) is 0.860. The van der Waals surface area contributed by atoms with Crippen LogP contribution >= 0.6 is 0 Å². The topological polar surface area (TPSA) is 69.0 Å². The molecular formula is C14H16N4O2. The number of aryl methyl sites for hydroxylation is 1. The Morgan fingerprint density at radius 2 is 2.20 bits per heavy atom. The number of hydrogen-bond acceptors (Lipinski definition) is 4. The third kappa shape index (κ3) is 2.55. The molecule has 1 amide bonds. The number of amides is 1. The van der Waals surface area contributed by atoms with Gasteiger partial charge in [-0.2, -0.15) is 4.98 Å². The SMILES string of the molecule is Cc1nc(NC(=O)[C@H]2CCCO2)nn1-c1ccccc1. The number of hydrogen-bond donors (Lipinski definition) is 1. The van der Waals surface area contributed by atoms with Crippen molar-refractivity contribution < 1.29 is 9.53 Å². The van der Waals surface area contributed by atoms with Crippen LogP contribution in [0, 0.1) is 6.92 Å². The summed E-state index contributed by atoms with van der Waals surface area (Å²) in [7, 11) is 0. The Morgan fingerprint density at radius 3 is 2.90 bits per heavy atom. The summed E-state index contributed by atoms with van der Waals surface area (Å²) in [5, 5.41) is 7.02. The molecule has 0 radical (unpaired) electrons. The number of nitrogens with one attached hydrogen (secondary N) is 1. The van der Waals surface area contributed by atoms with Gasteiger partial charge in [0.05, 0.1) is 5.69 Å². The molecule has 104 valence electrons. The first-order valence-corrected chi connectivity index (χ1v) is 6.65. The predicted molar refractivity (Wildman–Crippen MR) is 73.7 cm³/mol. The summed E-state index contributed by atoms with van der Waals surface area (Å²) >= 11 is 0. The molecule has 2 aromatic rings. The smallest absolute Gasteiger partial charge is 0.255 e. The first-order chi connectivity index (χ1) is 9.74. The molecule has 1 N–H and O–H groups in total. The molecule has 0 aliphatic carbocycles. The predicted octanol–water partition coefficient (Wildman–Crippen LogP) is 1.69. The van der Waals surface area contributed by atoms with E-state index in [1.54, 1.807) is 4.68 Å². The molecule has 1 saturated heterocycles. The minimum Gasteiger partial charge on any atom is -0.368 e. The Hall–Kier alpha value is -2.21. The maximum absolute atomic E-state index is 11.9. The first-order valence-electron chi connectivity index (χ1n) is 6.65. The van der Waals surface area contributed by atoms with Crippen molar-refractivity contribution in [3.05, 3.63) is 36.2 Å². The van der Waals surface area contributed by atoms with Crippen molar-refractivity contribution in [1.82, 2.24) is 14.8 Å². The van der Waals surface area contributed by atoms with E-state index in [-0.39, 0.29) is 12.0 Å². The quantitative estimate of drug-likeness (QED) is 0.923. The Bertz CT molecular complexity index is 603. The summed E-state index contributed by atoms with van der Waals surface area (Å²) < 4.78 is 7.03. The average molecular weight is 272 g/mol. The Kier molecular flexibility index (Phi) is 3.47. The lowest BCUT2D eigenvalue weighted by molar-refractivity contribution is -0.124. The highest BCUT2D eigenvalue weighted by atomic mass is 16.5. The van der Waals surface area contributed by atoms with E-state index < -0.39 is 0 Å². The van der Waals surface area contributed by atoms with Gasteiger partial charge in [0.25, 0.3) is 5.91 Å². The lowest BCUT2D eigenvalue weighted by Crippen LogP contribution is -2.27. The number of para-hydroxylation sites is 1. The van der Waals surface area contributed by atoms with Gasteiger partial charge in [-0.25, -0.2) is 4.68 Å². The molecule has 6 nitrogen and oxygen atoms in total. The molecule has 1 fully saturated rings. The summed E-state index contributed by atoms with van der Waals surface area (Å²) in [5.41, 5.74) is 0.912. The Labute approximate surface area is 116 Å². The van der Waals surface area contributed by atoms with Crippen molar-refractivity contribution in [2.45, 2.75) is 25.9 Å². The molecular weight excluding hydrogens is 256 g/mol. The van der Waals surface area contributed by atoms with E-state index in [0.29, 0.717) is 12.6 Å². The minimum atomic E-state index is -0.376. The van der Waals surface area contributed by atoms with E-state index >= 15 is 0 Å². The maximum atomic E-state index is 11.9. The minimum absolute atomic E-state index is 0.173. The zero-order valence-electron chi connectivity index (χ0n) is 11.2. The maximum Gasteiger partial charge on any atom is 0.255 e. The molecule has 1 atom stereocenters.